The molecular weight excluding hydrogens is 214 g/mol. The number of nitrogens with one attached hydrogen (secondary N) is 1. The molecule has 3 heteroatoms. The Bertz CT molecular complexity index is 394. The Labute approximate surface area is 103 Å². The van der Waals surface area contributed by atoms with Crippen LogP contribution >= 0.6 is 0 Å². The highest BCUT2D eigenvalue weighted by Gasteiger charge is 2.94. The van der Waals surface area contributed by atoms with Gasteiger partial charge in [-0.15, -0.1) is 0 Å². The number of ether oxygens (including phenoxy) is 1. The van der Waals surface area contributed by atoms with E-state index in [2.05, 4.69) is 26.1 Å². The molecule has 3 saturated carbocycles. The van der Waals surface area contributed by atoms with Crippen LogP contribution in [0.4, 0.5) is 4.79 Å². The minimum atomic E-state index is -0.245. The lowest BCUT2D eigenvalue weighted by atomic mass is 9.64. The smallest absolute Gasteiger partial charge is 0.407 e. The summed E-state index contributed by atoms with van der Waals surface area (Å²) >= 11 is 0. The van der Waals surface area contributed by atoms with E-state index in [0.29, 0.717) is 10.8 Å². The van der Waals surface area contributed by atoms with Gasteiger partial charge in [0.15, 0.2) is 0 Å². The first kappa shape index (κ1) is 11.4. The van der Waals surface area contributed by atoms with E-state index in [4.69, 9.17) is 4.74 Å². The Morgan fingerprint density at radius 2 is 1.94 bits per heavy atom. The lowest BCUT2D eigenvalue weighted by Gasteiger charge is -2.41. The molecule has 0 heterocycles. The van der Waals surface area contributed by atoms with Gasteiger partial charge in [-0.2, -0.15) is 0 Å². The number of amides is 1. The number of hydrogen-bond acceptors (Lipinski definition) is 2. The van der Waals surface area contributed by atoms with Crippen molar-refractivity contribution >= 4 is 6.09 Å². The molecule has 96 valence electrons. The van der Waals surface area contributed by atoms with E-state index in [9.17, 15) is 4.79 Å². The first-order valence-corrected chi connectivity index (χ1v) is 6.74. The fourth-order valence-corrected chi connectivity index (χ4v) is 5.22. The van der Waals surface area contributed by atoms with Gasteiger partial charge in [0.2, 0.25) is 0 Å². The van der Waals surface area contributed by atoms with Crippen LogP contribution in [-0.2, 0) is 4.74 Å². The number of alkyl carbamates (subject to hydrolysis) is 1. The van der Waals surface area contributed by atoms with E-state index in [1.807, 2.05) is 13.8 Å². The molecule has 1 N–H and O–H groups in total. The Morgan fingerprint density at radius 1 is 1.29 bits per heavy atom. The Hall–Kier alpha value is -0.730. The summed E-state index contributed by atoms with van der Waals surface area (Å²) in [6, 6.07) is 0.146. The highest BCUT2D eigenvalue weighted by Crippen LogP contribution is 2.96. The molecule has 5 atom stereocenters. The summed E-state index contributed by atoms with van der Waals surface area (Å²) < 4.78 is 5.66. The first-order valence-electron chi connectivity index (χ1n) is 6.74. The third-order valence-corrected chi connectivity index (χ3v) is 6.58. The maximum atomic E-state index is 11.7. The fraction of sp³-hybridized carbons (Fsp3) is 0.929. The van der Waals surface area contributed by atoms with Crippen molar-refractivity contribution in [2.45, 2.75) is 59.6 Å². The van der Waals surface area contributed by atoms with Gasteiger partial charge in [0.1, 0.15) is 6.10 Å². The second-order valence-electron chi connectivity index (χ2n) is 7.07. The Morgan fingerprint density at radius 3 is 2.41 bits per heavy atom. The molecule has 3 fully saturated rings. The number of fused-ring (bicyclic) bond motifs is 1. The van der Waals surface area contributed by atoms with Gasteiger partial charge in [-0.3, -0.25) is 0 Å². The van der Waals surface area contributed by atoms with Gasteiger partial charge in [0.05, 0.1) is 0 Å². The molecule has 3 nitrogen and oxygen atoms in total. The molecule has 0 bridgehead atoms. The second kappa shape index (κ2) is 2.81. The van der Waals surface area contributed by atoms with Crippen molar-refractivity contribution in [3.63, 3.8) is 0 Å². The minimum absolute atomic E-state index is 0.120. The van der Waals surface area contributed by atoms with Crippen molar-refractivity contribution in [3.05, 3.63) is 0 Å². The van der Waals surface area contributed by atoms with Crippen LogP contribution in [0.2, 0.25) is 0 Å². The summed E-state index contributed by atoms with van der Waals surface area (Å²) in [5.74, 6) is 0.773. The maximum Gasteiger partial charge on any atom is 0.407 e. The van der Waals surface area contributed by atoms with Gasteiger partial charge in [-0.1, -0.05) is 20.8 Å². The van der Waals surface area contributed by atoms with Crippen LogP contribution in [0.1, 0.15) is 47.5 Å². The number of hydrogen-bond donors (Lipinski definition) is 1. The molecule has 0 aromatic heterocycles. The van der Waals surface area contributed by atoms with E-state index in [0.717, 1.165) is 12.3 Å². The predicted octanol–water partition coefficient (Wildman–Crippen LogP) is 2.95. The molecule has 1 amide bonds. The summed E-state index contributed by atoms with van der Waals surface area (Å²) in [6.45, 7) is 11.0. The van der Waals surface area contributed by atoms with Gasteiger partial charge >= 0.3 is 6.09 Å². The monoisotopic (exact) mass is 237 g/mol. The van der Waals surface area contributed by atoms with Crippen molar-refractivity contribution in [2.24, 2.45) is 22.2 Å². The average Bonchev–Trinajstić information content (AvgIpc) is 2.41. The van der Waals surface area contributed by atoms with Crippen molar-refractivity contribution in [3.8, 4) is 0 Å². The summed E-state index contributed by atoms with van der Waals surface area (Å²) in [4.78, 5) is 11.7. The lowest BCUT2D eigenvalue weighted by Crippen LogP contribution is -2.40. The van der Waals surface area contributed by atoms with Crippen molar-refractivity contribution in [2.75, 3.05) is 0 Å². The third-order valence-electron chi connectivity index (χ3n) is 6.58. The van der Waals surface area contributed by atoms with Gasteiger partial charge in [0.25, 0.3) is 0 Å². The molecule has 5 unspecified atom stereocenters. The fourth-order valence-electron chi connectivity index (χ4n) is 5.22. The molecule has 0 aromatic carbocycles. The molecule has 0 saturated heterocycles. The molecular formula is C14H23NO2. The maximum absolute atomic E-state index is 11.7. The van der Waals surface area contributed by atoms with Gasteiger partial charge in [-0.25, -0.2) is 4.79 Å². The topological polar surface area (TPSA) is 38.3 Å². The standard InChI is InChI=1S/C14H23NO2/c1-8(2)15-11(16)17-10-6-9-7-12(3)13(9,4)14(10,12)5/h8-10H,6-7H2,1-5H3,(H,15,16). The van der Waals surface area contributed by atoms with E-state index < -0.39 is 0 Å². The molecule has 3 rings (SSSR count). The van der Waals surface area contributed by atoms with E-state index in [1.165, 1.54) is 6.42 Å². The van der Waals surface area contributed by atoms with Crippen LogP contribution in [0.5, 0.6) is 0 Å². The summed E-state index contributed by atoms with van der Waals surface area (Å²) in [5.41, 5.74) is 1.08. The number of carbonyl (C=O) groups is 1. The van der Waals surface area contributed by atoms with Crippen LogP contribution in [-0.4, -0.2) is 18.2 Å². The van der Waals surface area contributed by atoms with Crippen LogP contribution in [0.15, 0.2) is 0 Å². The number of carbonyl (C=O) groups excluding carboxylic acids is 1. The highest BCUT2D eigenvalue weighted by atomic mass is 16.6. The second-order valence-corrected chi connectivity index (χ2v) is 7.07. The van der Waals surface area contributed by atoms with Crippen LogP contribution in [0.3, 0.4) is 0 Å². The molecule has 0 aliphatic heterocycles. The quantitative estimate of drug-likeness (QED) is 0.802. The molecule has 17 heavy (non-hydrogen) atoms. The summed E-state index contributed by atoms with van der Waals surface area (Å²) in [5, 5.41) is 2.82. The zero-order valence-electron chi connectivity index (χ0n) is 11.5. The lowest BCUT2D eigenvalue weighted by molar-refractivity contribution is 0.00431. The van der Waals surface area contributed by atoms with Crippen LogP contribution in [0.25, 0.3) is 0 Å². The van der Waals surface area contributed by atoms with Crippen LogP contribution in [0, 0.1) is 22.2 Å². The van der Waals surface area contributed by atoms with Crippen molar-refractivity contribution < 1.29 is 9.53 Å². The predicted molar refractivity (Wildman–Crippen MR) is 65.6 cm³/mol. The van der Waals surface area contributed by atoms with E-state index >= 15 is 0 Å². The molecule has 3 aliphatic rings. The average molecular weight is 237 g/mol. The minimum Gasteiger partial charge on any atom is -0.446 e. The van der Waals surface area contributed by atoms with Crippen molar-refractivity contribution in [1.29, 1.82) is 0 Å². The van der Waals surface area contributed by atoms with Crippen molar-refractivity contribution in [1.82, 2.24) is 5.32 Å². The molecule has 0 radical (unpaired) electrons. The van der Waals surface area contributed by atoms with E-state index in [1.54, 1.807) is 0 Å². The highest BCUT2D eigenvalue weighted by molar-refractivity contribution is 5.68. The Balaban J connectivity index is 1.70. The zero-order chi connectivity index (χ0) is 12.6. The summed E-state index contributed by atoms with van der Waals surface area (Å²) in [6.07, 6.45) is 2.26. The molecule has 0 spiro atoms. The Kier molecular flexibility index (Phi) is 1.88. The van der Waals surface area contributed by atoms with Gasteiger partial charge < -0.3 is 10.1 Å². The zero-order valence-corrected chi connectivity index (χ0v) is 11.5. The van der Waals surface area contributed by atoms with Gasteiger partial charge in [-0.05, 0) is 43.4 Å². The van der Waals surface area contributed by atoms with Gasteiger partial charge in [0, 0.05) is 11.5 Å². The number of rotatable bonds is 2. The molecule has 3 aliphatic carbocycles. The molecule has 0 aromatic rings. The summed E-state index contributed by atoms with van der Waals surface area (Å²) in [7, 11) is 0. The third kappa shape index (κ3) is 0.948. The first-order chi connectivity index (χ1) is 7.77. The van der Waals surface area contributed by atoms with E-state index in [-0.39, 0.29) is 23.7 Å². The normalized spacial score (nSPS) is 54.0. The van der Waals surface area contributed by atoms with Crippen LogP contribution < -0.4 is 5.32 Å². The SMILES string of the molecule is CC(C)NC(=O)OC1CC2CC3(C)C2(C)C13C. The largest absolute Gasteiger partial charge is 0.446 e.